The van der Waals surface area contributed by atoms with Crippen LogP contribution in [0.2, 0.25) is 0 Å². The van der Waals surface area contributed by atoms with Gasteiger partial charge in [0.2, 0.25) is 0 Å². The van der Waals surface area contributed by atoms with Crippen molar-refractivity contribution in [1.82, 2.24) is 5.32 Å². The fourth-order valence-corrected chi connectivity index (χ4v) is 3.19. The lowest BCUT2D eigenvalue weighted by Crippen LogP contribution is -2.35. The van der Waals surface area contributed by atoms with Gasteiger partial charge in [-0.05, 0) is 54.9 Å². The van der Waals surface area contributed by atoms with Crippen molar-refractivity contribution in [3.05, 3.63) is 28.2 Å². The highest BCUT2D eigenvalue weighted by Crippen LogP contribution is 2.30. The number of benzene rings is 1. The summed E-state index contributed by atoms with van der Waals surface area (Å²) in [6.45, 7) is 5.66. The van der Waals surface area contributed by atoms with Crippen LogP contribution in [0.1, 0.15) is 38.7 Å². The molecule has 1 N–H and O–H groups in total. The first-order valence-electron chi connectivity index (χ1n) is 7.16. The Kier molecular flexibility index (Phi) is 5.28. The Labute approximate surface area is 125 Å². The molecule has 0 bridgehead atoms. The summed E-state index contributed by atoms with van der Waals surface area (Å²) in [5.74, 6) is 2.63. The van der Waals surface area contributed by atoms with Crippen molar-refractivity contribution in [3.63, 3.8) is 0 Å². The van der Waals surface area contributed by atoms with Gasteiger partial charge in [-0.3, -0.25) is 0 Å². The lowest BCUT2D eigenvalue weighted by atomic mass is 9.79. The first kappa shape index (κ1) is 14.9. The van der Waals surface area contributed by atoms with Gasteiger partial charge in [0, 0.05) is 17.1 Å². The molecule has 0 radical (unpaired) electrons. The minimum Gasteiger partial charge on any atom is -0.497 e. The Morgan fingerprint density at radius 3 is 2.74 bits per heavy atom. The van der Waals surface area contributed by atoms with Crippen LogP contribution in [-0.2, 0) is 6.54 Å². The van der Waals surface area contributed by atoms with E-state index in [0.29, 0.717) is 6.04 Å². The maximum absolute atomic E-state index is 5.28. The predicted octanol–water partition coefficient (Wildman–Crippen LogP) is 4.37. The molecule has 1 aromatic carbocycles. The number of methoxy groups -OCH3 is 1. The van der Waals surface area contributed by atoms with E-state index in [9.17, 15) is 0 Å². The lowest BCUT2D eigenvalue weighted by Gasteiger charge is -2.32. The van der Waals surface area contributed by atoms with E-state index in [2.05, 4.69) is 47.2 Å². The summed E-state index contributed by atoms with van der Waals surface area (Å²) in [4.78, 5) is 0. The van der Waals surface area contributed by atoms with Gasteiger partial charge in [0.25, 0.3) is 0 Å². The molecule has 0 amide bonds. The van der Waals surface area contributed by atoms with Crippen molar-refractivity contribution < 1.29 is 4.74 Å². The molecule has 2 rings (SSSR count). The quantitative estimate of drug-likeness (QED) is 0.887. The van der Waals surface area contributed by atoms with Gasteiger partial charge in [0.05, 0.1) is 7.11 Å². The van der Waals surface area contributed by atoms with E-state index in [4.69, 9.17) is 4.74 Å². The van der Waals surface area contributed by atoms with Gasteiger partial charge >= 0.3 is 0 Å². The maximum Gasteiger partial charge on any atom is 0.119 e. The normalized spacial score (nSPS) is 27.3. The number of halogens is 1. The van der Waals surface area contributed by atoms with E-state index in [0.717, 1.165) is 28.6 Å². The number of hydrogen-bond donors (Lipinski definition) is 1. The molecule has 2 nitrogen and oxygen atoms in total. The SMILES string of the molecule is COc1ccc(Br)c(CNC2CCC(C)C(C)C2)c1. The molecule has 0 aliphatic heterocycles. The van der Waals surface area contributed by atoms with Crippen LogP contribution in [0.4, 0.5) is 0 Å². The Morgan fingerprint density at radius 2 is 2.05 bits per heavy atom. The third kappa shape index (κ3) is 3.96. The third-order valence-electron chi connectivity index (χ3n) is 4.43. The van der Waals surface area contributed by atoms with Crippen molar-refractivity contribution >= 4 is 15.9 Å². The minimum atomic E-state index is 0.657. The van der Waals surface area contributed by atoms with Crippen LogP contribution < -0.4 is 10.1 Å². The van der Waals surface area contributed by atoms with Gasteiger partial charge in [-0.25, -0.2) is 0 Å². The average molecular weight is 326 g/mol. The van der Waals surface area contributed by atoms with Gasteiger partial charge in [0.1, 0.15) is 5.75 Å². The molecule has 1 fully saturated rings. The van der Waals surface area contributed by atoms with Crippen molar-refractivity contribution in [3.8, 4) is 5.75 Å². The first-order valence-corrected chi connectivity index (χ1v) is 7.95. The second-order valence-corrected chi connectivity index (χ2v) is 6.66. The summed E-state index contributed by atoms with van der Waals surface area (Å²) in [6, 6.07) is 6.80. The smallest absolute Gasteiger partial charge is 0.119 e. The topological polar surface area (TPSA) is 21.3 Å². The first-order chi connectivity index (χ1) is 9.10. The molecule has 3 atom stereocenters. The molecule has 106 valence electrons. The van der Waals surface area contributed by atoms with E-state index in [1.165, 1.54) is 24.8 Å². The molecular weight excluding hydrogens is 302 g/mol. The van der Waals surface area contributed by atoms with Gasteiger partial charge < -0.3 is 10.1 Å². The summed E-state index contributed by atoms with van der Waals surface area (Å²) >= 11 is 3.61. The highest BCUT2D eigenvalue weighted by molar-refractivity contribution is 9.10. The van der Waals surface area contributed by atoms with E-state index in [1.807, 2.05) is 6.07 Å². The van der Waals surface area contributed by atoms with Crippen LogP contribution >= 0.6 is 15.9 Å². The van der Waals surface area contributed by atoms with Crippen molar-refractivity contribution in [2.45, 2.75) is 45.7 Å². The van der Waals surface area contributed by atoms with Crippen LogP contribution in [-0.4, -0.2) is 13.2 Å². The molecule has 0 heterocycles. The monoisotopic (exact) mass is 325 g/mol. The highest BCUT2D eigenvalue weighted by Gasteiger charge is 2.24. The minimum absolute atomic E-state index is 0.657. The molecular formula is C16H24BrNO. The lowest BCUT2D eigenvalue weighted by molar-refractivity contribution is 0.225. The van der Waals surface area contributed by atoms with Crippen LogP contribution in [0.15, 0.2) is 22.7 Å². The molecule has 1 aliphatic carbocycles. The van der Waals surface area contributed by atoms with Gasteiger partial charge in [0.15, 0.2) is 0 Å². The van der Waals surface area contributed by atoms with Crippen molar-refractivity contribution in [2.24, 2.45) is 11.8 Å². The number of ether oxygens (including phenoxy) is 1. The highest BCUT2D eigenvalue weighted by atomic mass is 79.9. The molecule has 3 heteroatoms. The van der Waals surface area contributed by atoms with E-state index in [-0.39, 0.29) is 0 Å². The maximum atomic E-state index is 5.28. The zero-order valence-corrected chi connectivity index (χ0v) is 13.7. The molecule has 0 saturated heterocycles. The van der Waals surface area contributed by atoms with E-state index in [1.54, 1.807) is 7.11 Å². The van der Waals surface area contributed by atoms with Crippen molar-refractivity contribution in [1.29, 1.82) is 0 Å². The summed E-state index contributed by atoms with van der Waals surface area (Å²) in [5.41, 5.74) is 1.27. The average Bonchev–Trinajstić information content (AvgIpc) is 2.41. The standard InChI is InChI=1S/C16H24BrNO/c1-11-4-5-14(8-12(11)2)18-10-13-9-15(19-3)6-7-16(13)17/h6-7,9,11-12,14,18H,4-5,8,10H2,1-3H3. The summed E-state index contributed by atoms with van der Waals surface area (Å²) in [5, 5.41) is 3.70. The van der Waals surface area contributed by atoms with E-state index < -0.39 is 0 Å². The molecule has 19 heavy (non-hydrogen) atoms. The second-order valence-electron chi connectivity index (χ2n) is 5.80. The summed E-state index contributed by atoms with van der Waals surface area (Å²) in [6.07, 6.45) is 3.94. The molecule has 1 aromatic rings. The predicted molar refractivity (Wildman–Crippen MR) is 83.5 cm³/mol. The zero-order valence-electron chi connectivity index (χ0n) is 12.1. The molecule has 0 spiro atoms. The van der Waals surface area contributed by atoms with Crippen LogP contribution in [0.3, 0.4) is 0 Å². The molecule has 1 aliphatic rings. The number of nitrogens with one attached hydrogen (secondary N) is 1. The summed E-state index contributed by atoms with van der Waals surface area (Å²) in [7, 11) is 1.71. The fraction of sp³-hybridized carbons (Fsp3) is 0.625. The Bertz CT molecular complexity index is 421. The Hall–Kier alpha value is -0.540. The third-order valence-corrected chi connectivity index (χ3v) is 5.21. The summed E-state index contributed by atoms with van der Waals surface area (Å²) < 4.78 is 6.44. The van der Waals surface area contributed by atoms with Crippen LogP contribution in [0.25, 0.3) is 0 Å². The zero-order chi connectivity index (χ0) is 13.8. The van der Waals surface area contributed by atoms with Crippen LogP contribution in [0.5, 0.6) is 5.75 Å². The molecule has 3 unspecified atom stereocenters. The van der Waals surface area contributed by atoms with Crippen LogP contribution in [0, 0.1) is 11.8 Å². The Morgan fingerprint density at radius 1 is 1.26 bits per heavy atom. The van der Waals surface area contributed by atoms with Gasteiger partial charge in [-0.15, -0.1) is 0 Å². The van der Waals surface area contributed by atoms with Gasteiger partial charge in [-0.1, -0.05) is 29.8 Å². The Balaban J connectivity index is 1.92. The molecule has 0 aromatic heterocycles. The number of hydrogen-bond acceptors (Lipinski definition) is 2. The fourth-order valence-electron chi connectivity index (χ4n) is 2.80. The van der Waals surface area contributed by atoms with Gasteiger partial charge in [-0.2, -0.15) is 0 Å². The second kappa shape index (κ2) is 6.76. The van der Waals surface area contributed by atoms with Crippen molar-refractivity contribution in [2.75, 3.05) is 7.11 Å². The molecule has 1 saturated carbocycles. The van der Waals surface area contributed by atoms with E-state index >= 15 is 0 Å². The number of rotatable bonds is 4. The largest absolute Gasteiger partial charge is 0.497 e.